The highest BCUT2D eigenvalue weighted by molar-refractivity contribution is 4.77. The maximum absolute atomic E-state index is 5.42. The second-order valence-electron chi connectivity index (χ2n) is 5.40. The number of hydrogen-bond acceptors (Lipinski definition) is 2. The van der Waals surface area contributed by atoms with E-state index in [1.54, 1.807) is 0 Å². The van der Waals surface area contributed by atoms with Crippen molar-refractivity contribution < 1.29 is 4.74 Å². The summed E-state index contributed by atoms with van der Waals surface area (Å²) in [4.78, 5) is 0. The molecule has 2 heteroatoms. The Labute approximate surface area is 83.1 Å². The van der Waals surface area contributed by atoms with E-state index in [2.05, 4.69) is 39.9 Å². The van der Waals surface area contributed by atoms with Crippen molar-refractivity contribution in [3.05, 3.63) is 0 Å². The van der Waals surface area contributed by atoms with Gasteiger partial charge in [0, 0.05) is 24.1 Å². The van der Waals surface area contributed by atoms with E-state index in [1.165, 1.54) is 0 Å². The lowest BCUT2D eigenvalue weighted by molar-refractivity contribution is 0.0670. The predicted molar refractivity (Wildman–Crippen MR) is 58.0 cm³/mol. The molecule has 2 nitrogen and oxygen atoms in total. The van der Waals surface area contributed by atoms with Crippen LogP contribution in [0.5, 0.6) is 0 Å². The Hall–Kier alpha value is -0.0800. The maximum atomic E-state index is 5.42. The molecule has 1 N–H and O–H groups in total. The van der Waals surface area contributed by atoms with Crippen LogP contribution in [0.1, 0.15) is 41.5 Å². The van der Waals surface area contributed by atoms with Crippen molar-refractivity contribution in [1.82, 2.24) is 5.32 Å². The van der Waals surface area contributed by atoms with E-state index in [9.17, 15) is 0 Å². The van der Waals surface area contributed by atoms with Crippen LogP contribution >= 0.6 is 0 Å². The molecule has 0 aromatic rings. The van der Waals surface area contributed by atoms with Crippen molar-refractivity contribution in [2.45, 2.75) is 47.1 Å². The third kappa shape index (κ3) is 8.26. The Bertz CT molecular complexity index is 136. The Morgan fingerprint density at radius 3 is 2.00 bits per heavy atom. The van der Waals surface area contributed by atoms with Gasteiger partial charge in [-0.2, -0.15) is 0 Å². The number of ether oxygens (including phenoxy) is 1. The van der Waals surface area contributed by atoms with Crippen LogP contribution in [-0.2, 0) is 4.74 Å². The average molecular weight is 187 g/mol. The van der Waals surface area contributed by atoms with Gasteiger partial charge in [0.25, 0.3) is 0 Å². The van der Waals surface area contributed by atoms with E-state index in [-0.39, 0.29) is 11.0 Å². The predicted octanol–water partition coefficient (Wildman–Crippen LogP) is 2.44. The van der Waals surface area contributed by atoms with Gasteiger partial charge in [-0.3, -0.25) is 0 Å². The molecule has 0 unspecified atom stereocenters. The van der Waals surface area contributed by atoms with E-state index in [0.29, 0.717) is 0 Å². The molecule has 0 aromatic carbocycles. The standard InChI is InChI=1S/C11H25NO/c1-7-13-9-11(5,6)8-12-10(2,3)4/h12H,7-9H2,1-6H3. The molecule has 0 saturated heterocycles. The fourth-order valence-electron chi connectivity index (χ4n) is 0.934. The molecular formula is C11H25NO. The summed E-state index contributed by atoms with van der Waals surface area (Å²) in [5.41, 5.74) is 0.423. The Morgan fingerprint density at radius 2 is 1.62 bits per heavy atom. The molecule has 0 aliphatic rings. The van der Waals surface area contributed by atoms with E-state index in [4.69, 9.17) is 4.74 Å². The molecule has 0 amide bonds. The lowest BCUT2D eigenvalue weighted by Gasteiger charge is -2.30. The van der Waals surface area contributed by atoms with Gasteiger partial charge >= 0.3 is 0 Å². The first-order chi connectivity index (χ1) is 5.77. The summed E-state index contributed by atoms with van der Waals surface area (Å²) in [5, 5.41) is 3.49. The van der Waals surface area contributed by atoms with E-state index < -0.39 is 0 Å². The highest BCUT2D eigenvalue weighted by atomic mass is 16.5. The van der Waals surface area contributed by atoms with Crippen molar-refractivity contribution >= 4 is 0 Å². The van der Waals surface area contributed by atoms with Crippen LogP contribution in [0.4, 0.5) is 0 Å². The van der Waals surface area contributed by atoms with Crippen LogP contribution in [0.3, 0.4) is 0 Å². The maximum Gasteiger partial charge on any atom is 0.0529 e. The zero-order valence-corrected chi connectivity index (χ0v) is 10.0. The Morgan fingerprint density at radius 1 is 1.08 bits per heavy atom. The highest BCUT2D eigenvalue weighted by Gasteiger charge is 2.20. The van der Waals surface area contributed by atoms with Gasteiger partial charge in [-0.05, 0) is 27.7 Å². The van der Waals surface area contributed by atoms with Gasteiger partial charge < -0.3 is 10.1 Å². The molecule has 0 atom stereocenters. The summed E-state index contributed by atoms with van der Waals surface area (Å²) in [6, 6.07) is 0. The topological polar surface area (TPSA) is 21.3 Å². The summed E-state index contributed by atoms with van der Waals surface area (Å²) in [7, 11) is 0. The monoisotopic (exact) mass is 187 g/mol. The molecular weight excluding hydrogens is 162 g/mol. The van der Waals surface area contributed by atoms with Crippen molar-refractivity contribution in [3.63, 3.8) is 0 Å². The molecule has 13 heavy (non-hydrogen) atoms. The second-order valence-corrected chi connectivity index (χ2v) is 5.40. The minimum atomic E-state index is 0.198. The molecule has 0 spiro atoms. The lowest BCUT2D eigenvalue weighted by atomic mass is 9.93. The van der Waals surface area contributed by atoms with Crippen LogP contribution in [-0.4, -0.2) is 25.3 Å². The van der Waals surface area contributed by atoms with E-state index in [1.807, 2.05) is 6.92 Å². The SMILES string of the molecule is CCOCC(C)(C)CNC(C)(C)C. The zero-order chi connectivity index (χ0) is 10.5. The minimum Gasteiger partial charge on any atom is -0.381 e. The summed E-state index contributed by atoms with van der Waals surface area (Å²) >= 11 is 0. The van der Waals surface area contributed by atoms with Gasteiger partial charge in [0.05, 0.1) is 6.61 Å². The van der Waals surface area contributed by atoms with Crippen molar-refractivity contribution in [1.29, 1.82) is 0 Å². The summed E-state index contributed by atoms with van der Waals surface area (Å²) in [5.74, 6) is 0. The third-order valence-corrected chi connectivity index (χ3v) is 1.79. The largest absolute Gasteiger partial charge is 0.381 e. The van der Waals surface area contributed by atoms with Crippen LogP contribution in [0.2, 0.25) is 0 Å². The van der Waals surface area contributed by atoms with Gasteiger partial charge in [0.2, 0.25) is 0 Å². The highest BCUT2D eigenvalue weighted by Crippen LogP contribution is 2.15. The Balaban J connectivity index is 3.75. The number of rotatable bonds is 5. The molecule has 0 radical (unpaired) electrons. The molecule has 0 aliphatic heterocycles. The van der Waals surface area contributed by atoms with Gasteiger partial charge in [0.15, 0.2) is 0 Å². The van der Waals surface area contributed by atoms with Gasteiger partial charge in [0.1, 0.15) is 0 Å². The fourth-order valence-corrected chi connectivity index (χ4v) is 0.934. The van der Waals surface area contributed by atoms with Gasteiger partial charge in [-0.25, -0.2) is 0 Å². The number of nitrogens with one attached hydrogen (secondary N) is 1. The van der Waals surface area contributed by atoms with Crippen molar-refractivity contribution in [2.24, 2.45) is 5.41 Å². The van der Waals surface area contributed by atoms with E-state index in [0.717, 1.165) is 19.8 Å². The first kappa shape index (κ1) is 12.9. The molecule has 0 rings (SSSR count). The quantitative estimate of drug-likeness (QED) is 0.714. The summed E-state index contributed by atoms with van der Waals surface area (Å²) < 4.78 is 5.42. The van der Waals surface area contributed by atoms with Crippen LogP contribution in [0, 0.1) is 5.41 Å². The molecule has 0 saturated carbocycles. The van der Waals surface area contributed by atoms with Crippen molar-refractivity contribution in [2.75, 3.05) is 19.8 Å². The van der Waals surface area contributed by atoms with Crippen LogP contribution in [0.15, 0.2) is 0 Å². The fraction of sp³-hybridized carbons (Fsp3) is 1.00. The minimum absolute atomic E-state index is 0.198. The Kier molecular flexibility index (Phi) is 4.93. The second kappa shape index (κ2) is 4.97. The summed E-state index contributed by atoms with van der Waals surface area (Å²) in [6.07, 6.45) is 0. The summed E-state index contributed by atoms with van der Waals surface area (Å²) in [6.45, 7) is 15.7. The molecule has 0 fully saturated rings. The van der Waals surface area contributed by atoms with Crippen molar-refractivity contribution in [3.8, 4) is 0 Å². The molecule has 80 valence electrons. The number of hydrogen-bond donors (Lipinski definition) is 1. The van der Waals surface area contributed by atoms with E-state index >= 15 is 0 Å². The first-order valence-corrected chi connectivity index (χ1v) is 5.10. The molecule has 0 heterocycles. The van der Waals surface area contributed by atoms with Gasteiger partial charge in [-0.15, -0.1) is 0 Å². The average Bonchev–Trinajstić information content (AvgIpc) is 1.97. The first-order valence-electron chi connectivity index (χ1n) is 5.10. The molecule has 0 bridgehead atoms. The lowest BCUT2D eigenvalue weighted by Crippen LogP contribution is -2.43. The zero-order valence-electron chi connectivity index (χ0n) is 10.0. The molecule has 0 aromatic heterocycles. The third-order valence-electron chi connectivity index (χ3n) is 1.79. The van der Waals surface area contributed by atoms with Gasteiger partial charge in [-0.1, -0.05) is 13.8 Å². The normalized spacial score (nSPS) is 13.4. The van der Waals surface area contributed by atoms with Crippen LogP contribution < -0.4 is 5.32 Å². The molecule has 0 aliphatic carbocycles. The van der Waals surface area contributed by atoms with Crippen LogP contribution in [0.25, 0.3) is 0 Å². The smallest absolute Gasteiger partial charge is 0.0529 e.